The number of carbonyl (C=O) groups is 1. The molecule has 0 radical (unpaired) electrons. The average Bonchev–Trinajstić information content (AvgIpc) is 2.87. The van der Waals surface area contributed by atoms with Gasteiger partial charge in [-0.3, -0.25) is 4.79 Å². The summed E-state index contributed by atoms with van der Waals surface area (Å²) in [5, 5.41) is 3.34. The molecule has 4 nitrogen and oxygen atoms in total. The van der Waals surface area contributed by atoms with Crippen molar-refractivity contribution in [1.29, 1.82) is 0 Å². The summed E-state index contributed by atoms with van der Waals surface area (Å²) in [6.07, 6.45) is 5.46. The van der Waals surface area contributed by atoms with Gasteiger partial charge in [0.15, 0.2) is 0 Å². The van der Waals surface area contributed by atoms with Crippen LogP contribution < -0.4 is 5.32 Å². The average molecular weight is 252 g/mol. The summed E-state index contributed by atoms with van der Waals surface area (Å²) in [5.74, 6) is 1.54. The Balaban J connectivity index is 1.52. The van der Waals surface area contributed by atoms with E-state index >= 15 is 0 Å². The van der Waals surface area contributed by atoms with E-state index in [0.29, 0.717) is 23.8 Å². The number of carbonyl (C=O) groups excluding carboxylic acids is 1. The first kappa shape index (κ1) is 12.4. The predicted octanol–water partition coefficient (Wildman–Crippen LogP) is 1.01. The minimum absolute atomic E-state index is 0.387. The molecule has 0 spiro atoms. The van der Waals surface area contributed by atoms with E-state index in [1.807, 2.05) is 0 Å². The van der Waals surface area contributed by atoms with Crippen molar-refractivity contribution in [3.63, 3.8) is 0 Å². The maximum absolute atomic E-state index is 12.4. The fourth-order valence-electron chi connectivity index (χ4n) is 3.10. The van der Waals surface area contributed by atoms with Crippen molar-refractivity contribution in [3.8, 4) is 0 Å². The van der Waals surface area contributed by atoms with Gasteiger partial charge in [0.25, 0.3) is 0 Å². The molecule has 2 heterocycles. The maximum atomic E-state index is 12.4. The normalized spacial score (nSPS) is 31.8. The molecule has 0 aromatic carbocycles. The van der Waals surface area contributed by atoms with Crippen molar-refractivity contribution in [2.45, 2.75) is 38.1 Å². The van der Waals surface area contributed by atoms with Crippen LogP contribution >= 0.6 is 0 Å². The van der Waals surface area contributed by atoms with Gasteiger partial charge in [-0.2, -0.15) is 0 Å². The van der Waals surface area contributed by atoms with Crippen LogP contribution in [0.2, 0.25) is 0 Å². The molecule has 1 saturated carbocycles. The molecule has 2 aliphatic heterocycles. The van der Waals surface area contributed by atoms with E-state index in [2.05, 4.69) is 10.2 Å². The molecule has 0 aromatic rings. The molecular weight excluding hydrogens is 228 g/mol. The number of amides is 1. The third-order valence-corrected chi connectivity index (χ3v) is 4.41. The number of ether oxygens (including phenoxy) is 1. The van der Waals surface area contributed by atoms with Crippen LogP contribution in [0.3, 0.4) is 0 Å². The van der Waals surface area contributed by atoms with Gasteiger partial charge in [0, 0.05) is 31.5 Å². The Labute approximate surface area is 109 Å². The molecule has 1 N–H and O–H groups in total. The first-order chi connectivity index (χ1) is 8.83. The Bertz CT molecular complexity index is 292. The zero-order valence-electron chi connectivity index (χ0n) is 11.1. The third kappa shape index (κ3) is 3.04. The highest BCUT2D eigenvalue weighted by atomic mass is 16.5. The Morgan fingerprint density at radius 1 is 1.22 bits per heavy atom. The lowest BCUT2D eigenvalue weighted by atomic mass is 10.0. The van der Waals surface area contributed by atoms with Gasteiger partial charge >= 0.3 is 0 Å². The molecule has 4 heteroatoms. The largest absolute Gasteiger partial charge is 0.381 e. The van der Waals surface area contributed by atoms with E-state index in [4.69, 9.17) is 4.74 Å². The van der Waals surface area contributed by atoms with Crippen molar-refractivity contribution < 1.29 is 9.53 Å². The Kier molecular flexibility index (Phi) is 3.85. The lowest BCUT2D eigenvalue weighted by molar-refractivity contribution is -0.133. The lowest BCUT2D eigenvalue weighted by Gasteiger charge is -2.26. The van der Waals surface area contributed by atoms with Crippen LogP contribution in [0.25, 0.3) is 0 Å². The quantitative estimate of drug-likeness (QED) is 0.794. The molecule has 2 atom stereocenters. The highest BCUT2D eigenvalue weighted by molar-refractivity contribution is 5.77. The van der Waals surface area contributed by atoms with E-state index in [9.17, 15) is 4.79 Å². The lowest BCUT2D eigenvalue weighted by Crippen LogP contribution is -2.38. The van der Waals surface area contributed by atoms with Gasteiger partial charge < -0.3 is 15.0 Å². The summed E-state index contributed by atoms with van der Waals surface area (Å²) in [4.78, 5) is 14.6. The Hall–Kier alpha value is -0.610. The summed E-state index contributed by atoms with van der Waals surface area (Å²) >= 11 is 0. The van der Waals surface area contributed by atoms with Gasteiger partial charge in [-0.15, -0.1) is 0 Å². The van der Waals surface area contributed by atoms with Crippen molar-refractivity contribution in [2.75, 3.05) is 32.8 Å². The number of nitrogens with one attached hydrogen (secondary N) is 1. The zero-order valence-corrected chi connectivity index (χ0v) is 11.1. The molecule has 2 unspecified atom stereocenters. The smallest absolute Gasteiger partial charge is 0.223 e. The van der Waals surface area contributed by atoms with Crippen molar-refractivity contribution in [3.05, 3.63) is 0 Å². The predicted molar refractivity (Wildman–Crippen MR) is 69.3 cm³/mol. The number of hydrogen-bond donors (Lipinski definition) is 1. The molecular formula is C14H24N2O2. The Morgan fingerprint density at radius 2 is 2.11 bits per heavy atom. The number of nitrogens with zero attached hydrogens (tertiary/aromatic N) is 1. The second-order valence-corrected chi connectivity index (χ2v) is 6.07. The van der Waals surface area contributed by atoms with Gasteiger partial charge in [-0.05, 0) is 44.7 Å². The second kappa shape index (κ2) is 5.57. The molecule has 3 fully saturated rings. The minimum Gasteiger partial charge on any atom is -0.381 e. The minimum atomic E-state index is 0.387. The van der Waals surface area contributed by atoms with E-state index in [-0.39, 0.29) is 0 Å². The standard InChI is InChI=1S/C14H24N2O2/c17-14(7-11-3-5-15-8-11)16(13-1-2-13)9-12-4-6-18-10-12/h11-13,15H,1-10H2. The Morgan fingerprint density at radius 3 is 2.72 bits per heavy atom. The van der Waals surface area contributed by atoms with Crippen molar-refractivity contribution in [1.82, 2.24) is 10.2 Å². The molecule has 102 valence electrons. The fraction of sp³-hybridized carbons (Fsp3) is 0.929. The van der Waals surface area contributed by atoms with Crippen LogP contribution in [-0.2, 0) is 9.53 Å². The van der Waals surface area contributed by atoms with E-state index < -0.39 is 0 Å². The molecule has 18 heavy (non-hydrogen) atoms. The maximum Gasteiger partial charge on any atom is 0.223 e. The van der Waals surface area contributed by atoms with Gasteiger partial charge in [0.2, 0.25) is 5.91 Å². The highest BCUT2D eigenvalue weighted by Gasteiger charge is 2.35. The highest BCUT2D eigenvalue weighted by Crippen LogP contribution is 2.30. The molecule has 1 aliphatic carbocycles. The second-order valence-electron chi connectivity index (χ2n) is 6.07. The summed E-state index contributed by atoms with van der Waals surface area (Å²) in [6, 6.07) is 0.549. The van der Waals surface area contributed by atoms with Crippen molar-refractivity contribution in [2.24, 2.45) is 11.8 Å². The van der Waals surface area contributed by atoms with Crippen molar-refractivity contribution >= 4 is 5.91 Å². The first-order valence-corrected chi connectivity index (χ1v) is 7.41. The fourth-order valence-corrected chi connectivity index (χ4v) is 3.10. The molecule has 0 aromatic heterocycles. The van der Waals surface area contributed by atoms with E-state index in [0.717, 1.165) is 52.1 Å². The molecule has 3 aliphatic rings. The van der Waals surface area contributed by atoms with Crippen LogP contribution in [-0.4, -0.2) is 49.7 Å². The zero-order chi connectivity index (χ0) is 12.4. The summed E-state index contributed by atoms with van der Waals surface area (Å²) in [7, 11) is 0. The molecule has 3 rings (SSSR count). The van der Waals surface area contributed by atoms with Crippen LogP contribution in [0, 0.1) is 11.8 Å². The van der Waals surface area contributed by atoms with E-state index in [1.165, 1.54) is 12.8 Å². The van der Waals surface area contributed by atoms with Gasteiger partial charge in [-0.25, -0.2) is 0 Å². The SMILES string of the molecule is O=C(CC1CCNC1)N(CC1CCOC1)C1CC1. The van der Waals surface area contributed by atoms with Crippen LogP contribution in [0.4, 0.5) is 0 Å². The van der Waals surface area contributed by atoms with E-state index in [1.54, 1.807) is 0 Å². The van der Waals surface area contributed by atoms with Crippen LogP contribution in [0.15, 0.2) is 0 Å². The van der Waals surface area contributed by atoms with Crippen LogP contribution in [0.5, 0.6) is 0 Å². The summed E-state index contributed by atoms with van der Waals surface area (Å²) in [6.45, 7) is 4.77. The van der Waals surface area contributed by atoms with Gasteiger partial charge in [-0.1, -0.05) is 0 Å². The number of hydrogen-bond acceptors (Lipinski definition) is 3. The van der Waals surface area contributed by atoms with Gasteiger partial charge in [0.05, 0.1) is 6.61 Å². The summed E-state index contributed by atoms with van der Waals surface area (Å²) in [5.41, 5.74) is 0. The topological polar surface area (TPSA) is 41.6 Å². The van der Waals surface area contributed by atoms with Crippen LogP contribution in [0.1, 0.15) is 32.1 Å². The molecule has 0 bridgehead atoms. The first-order valence-electron chi connectivity index (χ1n) is 7.41. The molecule has 1 amide bonds. The monoisotopic (exact) mass is 252 g/mol. The molecule has 2 saturated heterocycles. The third-order valence-electron chi connectivity index (χ3n) is 4.41. The van der Waals surface area contributed by atoms with Gasteiger partial charge in [0.1, 0.15) is 0 Å². The number of rotatable bonds is 5. The summed E-state index contributed by atoms with van der Waals surface area (Å²) < 4.78 is 5.42.